The van der Waals surface area contributed by atoms with Gasteiger partial charge in [0.25, 0.3) is 0 Å². The van der Waals surface area contributed by atoms with E-state index in [-0.39, 0.29) is 12.6 Å². The molecule has 110 valence electrons. The summed E-state index contributed by atoms with van der Waals surface area (Å²) in [6, 6.07) is -0.263. The number of aliphatic carboxylic acids is 1. The minimum atomic E-state index is -0.791. The van der Waals surface area contributed by atoms with Gasteiger partial charge in [-0.05, 0) is 30.8 Å². The van der Waals surface area contributed by atoms with Crippen LogP contribution in [0.3, 0.4) is 0 Å². The highest BCUT2D eigenvalue weighted by atomic mass is 32.2. The Hall–Kier alpha value is -0.910. The van der Waals surface area contributed by atoms with Gasteiger partial charge in [0.05, 0.1) is 5.41 Å². The van der Waals surface area contributed by atoms with E-state index in [4.69, 9.17) is 0 Å². The molecular formula is C13H24N2O3S. The molecule has 0 aromatic carbocycles. The van der Waals surface area contributed by atoms with Gasteiger partial charge in [0.2, 0.25) is 0 Å². The number of amides is 2. The van der Waals surface area contributed by atoms with Gasteiger partial charge in [0, 0.05) is 13.1 Å². The van der Waals surface area contributed by atoms with Gasteiger partial charge in [-0.1, -0.05) is 19.8 Å². The average molecular weight is 288 g/mol. The number of carbonyl (C=O) groups excluding carboxylic acids is 1. The first-order chi connectivity index (χ1) is 9.00. The first kappa shape index (κ1) is 16.1. The van der Waals surface area contributed by atoms with Crippen LogP contribution < -0.4 is 10.6 Å². The molecule has 1 aliphatic rings. The van der Waals surface area contributed by atoms with Gasteiger partial charge in [-0.25, -0.2) is 4.79 Å². The van der Waals surface area contributed by atoms with E-state index in [0.717, 1.165) is 18.6 Å². The van der Waals surface area contributed by atoms with Crippen LogP contribution in [0.25, 0.3) is 0 Å². The third-order valence-electron chi connectivity index (χ3n) is 3.66. The monoisotopic (exact) mass is 288 g/mol. The fraction of sp³-hybridized carbons (Fsp3) is 0.846. The number of carbonyl (C=O) groups is 2. The molecule has 0 radical (unpaired) electrons. The van der Waals surface area contributed by atoms with Crippen LogP contribution in [0.5, 0.6) is 0 Å². The van der Waals surface area contributed by atoms with Gasteiger partial charge < -0.3 is 15.7 Å². The first-order valence-electron chi connectivity index (χ1n) is 6.74. The van der Waals surface area contributed by atoms with Gasteiger partial charge in [-0.2, -0.15) is 11.8 Å². The number of nitrogens with one attached hydrogen (secondary N) is 2. The first-order valence-corrected chi connectivity index (χ1v) is 8.13. The Kier molecular flexibility index (Phi) is 6.48. The Morgan fingerprint density at radius 3 is 2.47 bits per heavy atom. The van der Waals surface area contributed by atoms with Crippen LogP contribution in [-0.2, 0) is 4.79 Å². The van der Waals surface area contributed by atoms with Crippen LogP contribution in [0, 0.1) is 11.3 Å². The Labute approximate surface area is 118 Å². The average Bonchev–Trinajstić information content (AvgIpc) is 2.84. The second-order valence-electron chi connectivity index (χ2n) is 5.42. The minimum absolute atomic E-state index is 0.227. The summed E-state index contributed by atoms with van der Waals surface area (Å²) < 4.78 is 0. The van der Waals surface area contributed by atoms with Crippen molar-refractivity contribution >= 4 is 23.8 Å². The van der Waals surface area contributed by atoms with Crippen LogP contribution >= 0.6 is 11.8 Å². The summed E-state index contributed by atoms with van der Waals surface area (Å²) in [6.45, 7) is 2.92. The minimum Gasteiger partial charge on any atom is -0.481 e. The van der Waals surface area contributed by atoms with Gasteiger partial charge in [-0.3, -0.25) is 4.79 Å². The maximum atomic E-state index is 11.7. The second-order valence-corrected chi connectivity index (χ2v) is 6.33. The van der Waals surface area contributed by atoms with E-state index >= 15 is 0 Å². The summed E-state index contributed by atoms with van der Waals surface area (Å²) in [5.74, 6) is 0.626. The van der Waals surface area contributed by atoms with Crippen molar-refractivity contribution in [3.8, 4) is 0 Å². The van der Waals surface area contributed by atoms with Gasteiger partial charge in [0.1, 0.15) is 0 Å². The van der Waals surface area contributed by atoms with Crippen molar-refractivity contribution in [1.82, 2.24) is 10.6 Å². The second kappa shape index (κ2) is 7.62. The highest BCUT2D eigenvalue weighted by Crippen LogP contribution is 2.37. The molecule has 1 rings (SSSR count). The van der Waals surface area contributed by atoms with Gasteiger partial charge in [0.15, 0.2) is 0 Å². The van der Waals surface area contributed by atoms with Gasteiger partial charge in [-0.15, -0.1) is 0 Å². The Morgan fingerprint density at radius 1 is 1.32 bits per heavy atom. The van der Waals surface area contributed by atoms with E-state index in [9.17, 15) is 14.7 Å². The molecule has 1 atom stereocenters. The lowest BCUT2D eigenvalue weighted by Crippen LogP contribution is -2.45. The zero-order valence-corrected chi connectivity index (χ0v) is 12.5. The van der Waals surface area contributed by atoms with Crippen molar-refractivity contribution < 1.29 is 14.7 Å². The number of thioether (sulfide) groups is 1. The molecule has 0 bridgehead atoms. The molecule has 5 nitrogen and oxygen atoms in total. The molecule has 0 aliphatic heterocycles. The third kappa shape index (κ3) is 4.93. The molecule has 0 heterocycles. The lowest BCUT2D eigenvalue weighted by atomic mass is 9.86. The fourth-order valence-electron chi connectivity index (χ4n) is 2.44. The van der Waals surface area contributed by atoms with Crippen molar-refractivity contribution in [1.29, 1.82) is 0 Å². The lowest BCUT2D eigenvalue weighted by Gasteiger charge is -2.24. The smallest absolute Gasteiger partial charge is 0.314 e. The van der Waals surface area contributed by atoms with E-state index in [2.05, 4.69) is 17.6 Å². The standard InChI is InChI=1S/C13H24N2O3S/c1-10(8-19-2)7-14-12(18)15-9-13(11(16)17)5-3-4-6-13/h10H,3-9H2,1-2H3,(H,16,17)(H2,14,15,18). The molecule has 1 saturated carbocycles. The van der Waals surface area contributed by atoms with Crippen molar-refractivity contribution in [3.63, 3.8) is 0 Å². The number of hydrogen-bond acceptors (Lipinski definition) is 3. The third-order valence-corrected chi connectivity index (χ3v) is 4.57. The molecule has 3 N–H and O–H groups in total. The van der Waals surface area contributed by atoms with Crippen LogP contribution in [0.4, 0.5) is 4.79 Å². The number of hydrogen-bond donors (Lipinski definition) is 3. The van der Waals surface area contributed by atoms with Crippen LogP contribution in [0.1, 0.15) is 32.6 Å². The van der Waals surface area contributed by atoms with Gasteiger partial charge >= 0.3 is 12.0 Å². The van der Waals surface area contributed by atoms with E-state index < -0.39 is 11.4 Å². The van der Waals surface area contributed by atoms with E-state index in [1.807, 2.05) is 6.26 Å². The normalized spacial score (nSPS) is 18.8. The maximum Gasteiger partial charge on any atom is 0.314 e. The lowest BCUT2D eigenvalue weighted by molar-refractivity contribution is -0.148. The van der Waals surface area contributed by atoms with Crippen molar-refractivity contribution in [2.75, 3.05) is 25.1 Å². The number of carboxylic acids is 1. The summed E-state index contributed by atoms with van der Waals surface area (Å²) in [7, 11) is 0. The van der Waals surface area contributed by atoms with Crippen molar-refractivity contribution in [3.05, 3.63) is 0 Å². The molecule has 0 spiro atoms. The highest BCUT2D eigenvalue weighted by molar-refractivity contribution is 7.98. The molecular weight excluding hydrogens is 264 g/mol. The predicted molar refractivity (Wildman–Crippen MR) is 77.5 cm³/mol. The molecule has 1 aliphatic carbocycles. The zero-order chi connectivity index (χ0) is 14.3. The molecule has 0 aromatic heterocycles. The molecule has 6 heteroatoms. The topological polar surface area (TPSA) is 78.4 Å². The zero-order valence-electron chi connectivity index (χ0n) is 11.7. The van der Waals surface area contributed by atoms with Crippen LogP contribution in [-0.4, -0.2) is 42.2 Å². The van der Waals surface area contributed by atoms with Crippen LogP contribution in [0.15, 0.2) is 0 Å². The van der Waals surface area contributed by atoms with Crippen LogP contribution in [0.2, 0.25) is 0 Å². The van der Waals surface area contributed by atoms with Crippen molar-refractivity contribution in [2.24, 2.45) is 11.3 Å². The summed E-state index contributed by atoms with van der Waals surface area (Å²) in [6.07, 6.45) is 5.21. The number of rotatable bonds is 7. The van der Waals surface area contributed by atoms with E-state index in [1.165, 1.54) is 0 Å². The SMILES string of the molecule is CSCC(C)CNC(=O)NCC1(C(=O)O)CCCC1. The molecule has 2 amide bonds. The van der Waals surface area contributed by atoms with E-state index in [1.54, 1.807) is 11.8 Å². The molecule has 1 unspecified atom stereocenters. The predicted octanol–water partition coefficient (Wildman–Crippen LogP) is 1.93. The largest absolute Gasteiger partial charge is 0.481 e. The quantitative estimate of drug-likeness (QED) is 0.669. The molecule has 1 fully saturated rings. The number of urea groups is 1. The molecule has 0 aromatic rings. The Morgan fingerprint density at radius 2 is 1.95 bits per heavy atom. The highest BCUT2D eigenvalue weighted by Gasteiger charge is 2.41. The number of carboxylic acid groups (broad SMARTS) is 1. The maximum absolute atomic E-state index is 11.7. The Bertz CT molecular complexity index is 317. The summed E-state index contributed by atoms with van der Waals surface area (Å²) in [5.41, 5.74) is -0.748. The summed E-state index contributed by atoms with van der Waals surface area (Å²) >= 11 is 1.75. The molecule has 0 saturated heterocycles. The van der Waals surface area contributed by atoms with Crippen molar-refractivity contribution in [2.45, 2.75) is 32.6 Å². The molecule has 19 heavy (non-hydrogen) atoms. The summed E-state index contributed by atoms with van der Waals surface area (Å²) in [4.78, 5) is 23.0. The van der Waals surface area contributed by atoms with E-state index in [0.29, 0.717) is 25.3 Å². The summed E-state index contributed by atoms with van der Waals surface area (Å²) in [5, 5.41) is 14.8. The Balaban J connectivity index is 2.31. The fourth-order valence-corrected chi connectivity index (χ4v) is 3.13.